The van der Waals surface area contributed by atoms with Crippen molar-refractivity contribution in [3.8, 4) is 11.8 Å². The van der Waals surface area contributed by atoms with Gasteiger partial charge in [0.05, 0.1) is 6.61 Å². The van der Waals surface area contributed by atoms with Crippen LogP contribution in [0.4, 0.5) is 0 Å². The summed E-state index contributed by atoms with van der Waals surface area (Å²) in [7, 11) is 1.65. The van der Waals surface area contributed by atoms with Gasteiger partial charge in [0.25, 0.3) is 0 Å². The summed E-state index contributed by atoms with van der Waals surface area (Å²) in [5.74, 6) is 1.24. The lowest BCUT2D eigenvalue weighted by atomic mass is 10.2. The zero-order valence-corrected chi connectivity index (χ0v) is 10.2. The van der Waals surface area contributed by atoms with Crippen LogP contribution in [0.25, 0.3) is 0 Å². The van der Waals surface area contributed by atoms with Gasteiger partial charge >= 0.3 is 0 Å². The van der Waals surface area contributed by atoms with Crippen molar-refractivity contribution in [1.29, 1.82) is 0 Å². The minimum Gasteiger partial charge on any atom is -0.476 e. The molecule has 0 saturated heterocycles. The third-order valence-corrected chi connectivity index (χ3v) is 2.47. The normalized spacial score (nSPS) is 16.6. The number of nitrogens with one attached hydrogen (secondary N) is 1. The Morgan fingerprint density at radius 2 is 2.41 bits per heavy atom. The van der Waals surface area contributed by atoms with Gasteiger partial charge in [-0.1, -0.05) is 0 Å². The Hall–Kier alpha value is -1.33. The average Bonchev–Trinajstić information content (AvgIpc) is 2.53. The van der Waals surface area contributed by atoms with Crippen LogP contribution in [0.2, 0.25) is 0 Å². The second kappa shape index (κ2) is 5.84. The first kappa shape index (κ1) is 12.1. The molecule has 0 amide bonds. The summed E-state index contributed by atoms with van der Waals surface area (Å²) in [4.78, 5) is 4.36. The number of nitrogens with zero attached hydrogens (tertiary/aromatic N) is 1. The van der Waals surface area contributed by atoms with E-state index in [2.05, 4.69) is 10.3 Å². The van der Waals surface area contributed by atoms with Crippen molar-refractivity contribution in [2.45, 2.75) is 19.6 Å². The predicted octanol–water partition coefficient (Wildman–Crippen LogP) is 0.977. The molecule has 1 aromatic rings. The van der Waals surface area contributed by atoms with Crippen LogP contribution in [0.5, 0.6) is 11.8 Å². The molecule has 0 bridgehead atoms. The van der Waals surface area contributed by atoms with Crippen molar-refractivity contribution in [3.05, 3.63) is 17.7 Å². The largest absolute Gasteiger partial charge is 0.476 e. The minimum atomic E-state index is -0.0190. The molecule has 1 atom stereocenters. The number of hydrogen-bond donors (Lipinski definition) is 1. The minimum absolute atomic E-state index is 0.0190. The first-order chi connectivity index (χ1) is 8.29. The summed E-state index contributed by atoms with van der Waals surface area (Å²) >= 11 is 0. The summed E-state index contributed by atoms with van der Waals surface area (Å²) in [6.45, 7) is 4.75. The molecule has 1 aliphatic heterocycles. The third kappa shape index (κ3) is 3.31. The molecule has 2 rings (SSSR count). The van der Waals surface area contributed by atoms with Gasteiger partial charge in [-0.3, -0.25) is 0 Å². The van der Waals surface area contributed by atoms with E-state index >= 15 is 0 Å². The molecule has 0 radical (unpaired) electrons. The topological polar surface area (TPSA) is 52.6 Å². The summed E-state index contributed by atoms with van der Waals surface area (Å²) in [5, 5.41) is 3.26. The van der Waals surface area contributed by atoms with Gasteiger partial charge in [-0.05, 0) is 13.0 Å². The molecule has 0 fully saturated rings. The van der Waals surface area contributed by atoms with Crippen LogP contribution in [-0.4, -0.2) is 38.0 Å². The van der Waals surface area contributed by atoms with Gasteiger partial charge in [0.2, 0.25) is 11.8 Å². The summed E-state index contributed by atoms with van der Waals surface area (Å²) in [5.41, 5.74) is 1.06. The first-order valence-corrected chi connectivity index (χ1v) is 5.78. The molecule has 94 valence electrons. The van der Waals surface area contributed by atoms with Gasteiger partial charge in [0.15, 0.2) is 0 Å². The Kier molecular flexibility index (Phi) is 4.17. The fraction of sp³-hybridized carbons (Fsp3) is 0.583. The quantitative estimate of drug-likeness (QED) is 0.847. The average molecular weight is 238 g/mol. The Morgan fingerprint density at radius 3 is 3.24 bits per heavy atom. The Balaban J connectivity index is 2.07. The van der Waals surface area contributed by atoms with Crippen LogP contribution in [0.3, 0.4) is 0 Å². The Labute approximate surface area is 101 Å². The number of hydrogen-bond acceptors (Lipinski definition) is 5. The van der Waals surface area contributed by atoms with Crippen molar-refractivity contribution in [1.82, 2.24) is 10.3 Å². The molecule has 1 unspecified atom stereocenters. The molecule has 0 aliphatic carbocycles. The van der Waals surface area contributed by atoms with Crippen LogP contribution in [0, 0.1) is 0 Å². The van der Waals surface area contributed by atoms with E-state index in [0.717, 1.165) is 18.7 Å². The van der Waals surface area contributed by atoms with Crippen molar-refractivity contribution in [2.75, 3.05) is 26.9 Å². The highest BCUT2D eigenvalue weighted by molar-refractivity contribution is 5.31. The van der Waals surface area contributed by atoms with E-state index in [4.69, 9.17) is 14.2 Å². The number of methoxy groups -OCH3 is 1. The van der Waals surface area contributed by atoms with E-state index in [1.54, 1.807) is 7.11 Å². The van der Waals surface area contributed by atoms with Crippen molar-refractivity contribution < 1.29 is 14.2 Å². The SMILES string of the molecule is COCC(C)Oc1ccc2c(n1)OCCNC2. The standard InChI is InChI=1S/C12H18N2O3/c1-9(8-15-2)17-11-4-3-10-7-13-5-6-16-12(10)14-11/h3-4,9,13H,5-8H2,1-2H3. The van der Waals surface area contributed by atoms with Crippen LogP contribution < -0.4 is 14.8 Å². The van der Waals surface area contributed by atoms with Crippen LogP contribution in [0.15, 0.2) is 12.1 Å². The lowest BCUT2D eigenvalue weighted by Gasteiger charge is -2.14. The summed E-state index contributed by atoms with van der Waals surface area (Å²) in [6.07, 6.45) is -0.0190. The molecule has 2 heterocycles. The maximum Gasteiger partial charge on any atom is 0.221 e. The molecule has 1 aromatic heterocycles. The number of fused-ring (bicyclic) bond motifs is 1. The molecule has 0 aromatic carbocycles. The smallest absolute Gasteiger partial charge is 0.221 e. The first-order valence-electron chi connectivity index (χ1n) is 5.78. The van der Waals surface area contributed by atoms with Crippen LogP contribution in [-0.2, 0) is 11.3 Å². The molecule has 17 heavy (non-hydrogen) atoms. The molecule has 5 heteroatoms. The van der Waals surface area contributed by atoms with E-state index in [1.807, 2.05) is 19.1 Å². The van der Waals surface area contributed by atoms with E-state index < -0.39 is 0 Å². The highest BCUT2D eigenvalue weighted by Crippen LogP contribution is 2.21. The van der Waals surface area contributed by atoms with Gasteiger partial charge in [0.1, 0.15) is 12.7 Å². The monoisotopic (exact) mass is 238 g/mol. The van der Waals surface area contributed by atoms with Gasteiger partial charge in [-0.2, -0.15) is 4.98 Å². The number of pyridine rings is 1. The van der Waals surface area contributed by atoms with Crippen molar-refractivity contribution >= 4 is 0 Å². The Bertz CT molecular complexity index is 371. The fourth-order valence-electron chi connectivity index (χ4n) is 1.70. The molecule has 0 saturated carbocycles. The van der Waals surface area contributed by atoms with E-state index in [-0.39, 0.29) is 6.10 Å². The van der Waals surface area contributed by atoms with Gasteiger partial charge < -0.3 is 19.5 Å². The molecule has 1 N–H and O–H groups in total. The second-order valence-corrected chi connectivity index (χ2v) is 4.02. The zero-order valence-electron chi connectivity index (χ0n) is 10.2. The molecular weight excluding hydrogens is 220 g/mol. The van der Waals surface area contributed by atoms with Crippen LogP contribution >= 0.6 is 0 Å². The van der Waals surface area contributed by atoms with E-state index in [0.29, 0.717) is 25.0 Å². The second-order valence-electron chi connectivity index (χ2n) is 4.02. The lowest BCUT2D eigenvalue weighted by molar-refractivity contribution is 0.0884. The number of ether oxygens (including phenoxy) is 3. The maximum atomic E-state index is 5.63. The maximum absolute atomic E-state index is 5.63. The fourth-order valence-corrected chi connectivity index (χ4v) is 1.70. The molecule has 0 spiro atoms. The summed E-state index contributed by atoms with van der Waals surface area (Å²) in [6, 6.07) is 3.84. The summed E-state index contributed by atoms with van der Waals surface area (Å²) < 4.78 is 16.2. The third-order valence-electron chi connectivity index (χ3n) is 2.47. The van der Waals surface area contributed by atoms with Gasteiger partial charge in [0, 0.05) is 31.8 Å². The molecule has 1 aliphatic rings. The molecular formula is C12H18N2O3. The lowest BCUT2D eigenvalue weighted by Crippen LogP contribution is -2.18. The predicted molar refractivity (Wildman–Crippen MR) is 63.4 cm³/mol. The van der Waals surface area contributed by atoms with Gasteiger partial charge in [-0.25, -0.2) is 0 Å². The number of aromatic nitrogens is 1. The molecule has 5 nitrogen and oxygen atoms in total. The zero-order chi connectivity index (χ0) is 12.1. The van der Waals surface area contributed by atoms with Crippen molar-refractivity contribution in [2.24, 2.45) is 0 Å². The number of rotatable bonds is 4. The van der Waals surface area contributed by atoms with E-state index in [1.165, 1.54) is 0 Å². The van der Waals surface area contributed by atoms with Gasteiger partial charge in [-0.15, -0.1) is 0 Å². The highest BCUT2D eigenvalue weighted by Gasteiger charge is 2.12. The van der Waals surface area contributed by atoms with Crippen LogP contribution in [0.1, 0.15) is 12.5 Å². The highest BCUT2D eigenvalue weighted by atomic mass is 16.5. The Morgan fingerprint density at radius 1 is 1.53 bits per heavy atom. The van der Waals surface area contributed by atoms with Crippen molar-refractivity contribution in [3.63, 3.8) is 0 Å². The van der Waals surface area contributed by atoms with E-state index in [9.17, 15) is 0 Å².